The van der Waals surface area contributed by atoms with Gasteiger partial charge in [-0.2, -0.15) is 0 Å². The van der Waals surface area contributed by atoms with Gasteiger partial charge in [0.2, 0.25) is 0 Å². The molecule has 0 aromatic carbocycles. The van der Waals surface area contributed by atoms with Gasteiger partial charge in [-0.1, -0.05) is 42.6 Å². The molecule has 0 aliphatic rings. The highest BCUT2D eigenvalue weighted by molar-refractivity contribution is 7.16. The van der Waals surface area contributed by atoms with Crippen LogP contribution in [0.25, 0.3) is 0 Å². The first-order valence-corrected chi connectivity index (χ1v) is 9.89. The fourth-order valence-corrected chi connectivity index (χ4v) is 2.48. The summed E-state index contributed by atoms with van der Waals surface area (Å²) in [5, 5.41) is 0.570. The molecule has 0 unspecified atom stereocenters. The van der Waals surface area contributed by atoms with Crippen molar-refractivity contribution < 1.29 is 9.53 Å². The van der Waals surface area contributed by atoms with Crippen LogP contribution in [0.1, 0.15) is 22.4 Å². The Balaban J connectivity index is 2.95. The van der Waals surface area contributed by atoms with Gasteiger partial charge < -0.3 is 4.74 Å². The number of nitrogens with zero attached hydrogens (tertiary/aromatic N) is 1. The average Bonchev–Trinajstić information content (AvgIpc) is 2.56. The van der Waals surface area contributed by atoms with Crippen LogP contribution in [0, 0.1) is 11.5 Å². The van der Waals surface area contributed by atoms with E-state index in [0.29, 0.717) is 16.0 Å². The van der Waals surface area contributed by atoms with Gasteiger partial charge in [0.15, 0.2) is 10.7 Å². The van der Waals surface area contributed by atoms with Gasteiger partial charge in [-0.3, -0.25) is 0 Å². The predicted octanol–water partition coefficient (Wildman–Crippen LogP) is 3.20. The Labute approximate surface area is 111 Å². The molecule has 0 spiro atoms. The number of thiazole rings is 1. The monoisotopic (exact) mass is 287 g/mol. The summed E-state index contributed by atoms with van der Waals surface area (Å²) in [6.07, 6.45) is 0. The molecule has 3 nitrogen and oxygen atoms in total. The lowest BCUT2D eigenvalue weighted by Gasteiger charge is -2.02. The van der Waals surface area contributed by atoms with E-state index in [1.54, 1.807) is 6.92 Å². The Hall–Kier alpha value is -0.833. The van der Waals surface area contributed by atoms with E-state index in [1.807, 2.05) is 0 Å². The number of ether oxygens (including phenoxy) is 1. The molecule has 92 valence electrons. The molecule has 0 bridgehead atoms. The molecule has 1 aromatic heterocycles. The van der Waals surface area contributed by atoms with Crippen LogP contribution in [0.3, 0.4) is 0 Å². The van der Waals surface area contributed by atoms with E-state index in [1.165, 1.54) is 11.3 Å². The zero-order chi connectivity index (χ0) is 13.1. The van der Waals surface area contributed by atoms with Crippen molar-refractivity contribution in [2.75, 3.05) is 6.61 Å². The molecule has 17 heavy (non-hydrogen) atoms. The normalized spacial score (nSPS) is 10.6. The van der Waals surface area contributed by atoms with Crippen LogP contribution in [0.5, 0.6) is 0 Å². The minimum atomic E-state index is -1.44. The number of halogens is 1. The second-order valence-electron chi connectivity index (χ2n) is 4.36. The van der Waals surface area contributed by atoms with E-state index >= 15 is 0 Å². The summed E-state index contributed by atoms with van der Waals surface area (Å²) >= 11 is 7.14. The number of rotatable bonds is 2. The van der Waals surface area contributed by atoms with Gasteiger partial charge in [0.05, 0.1) is 6.61 Å². The quantitative estimate of drug-likeness (QED) is 0.476. The van der Waals surface area contributed by atoms with Crippen LogP contribution in [-0.4, -0.2) is 25.6 Å². The Bertz CT molecular complexity index is 482. The number of hydrogen-bond donors (Lipinski definition) is 0. The third-order valence-electron chi connectivity index (χ3n) is 1.60. The van der Waals surface area contributed by atoms with E-state index < -0.39 is 14.0 Å². The Morgan fingerprint density at radius 1 is 1.53 bits per heavy atom. The minimum Gasteiger partial charge on any atom is -0.461 e. The fourth-order valence-electron chi connectivity index (χ4n) is 0.921. The van der Waals surface area contributed by atoms with Gasteiger partial charge in [-0.05, 0) is 12.8 Å². The molecule has 6 heteroatoms. The van der Waals surface area contributed by atoms with Crippen LogP contribution in [-0.2, 0) is 4.74 Å². The topological polar surface area (TPSA) is 39.2 Å². The second kappa shape index (κ2) is 5.67. The van der Waals surface area contributed by atoms with E-state index in [9.17, 15) is 4.79 Å². The summed E-state index contributed by atoms with van der Waals surface area (Å²) in [7, 11) is -1.44. The van der Waals surface area contributed by atoms with Crippen molar-refractivity contribution in [3.8, 4) is 11.5 Å². The molecular weight excluding hydrogens is 274 g/mol. The summed E-state index contributed by atoms with van der Waals surface area (Å²) in [6, 6.07) is 0. The lowest BCUT2D eigenvalue weighted by molar-refractivity contribution is 0.0520. The number of aromatic nitrogens is 1. The number of esters is 1. The molecule has 1 aromatic rings. The average molecular weight is 288 g/mol. The summed E-state index contributed by atoms with van der Waals surface area (Å²) in [4.78, 5) is 15.6. The highest BCUT2D eigenvalue weighted by Gasteiger charge is 2.17. The maximum Gasteiger partial charge on any atom is 0.359 e. The predicted molar refractivity (Wildman–Crippen MR) is 73.3 cm³/mol. The van der Waals surface area contributed by atoms with Crippen molar-refractivity contribution in [1.29, 1.82) is 0 Å². The summed E-state index contributed by atoms with van der Waals surface area (Å²) in [5.41, 5.74) is 3.34. The van der Waals surface area contributed by atoms with Crippen molar-refractivity contribution in [2.24, 2.45) is 0 Å². The van der Waals surface area contributed by atoms with Crippen molar-refractivity contribution >= 4 is 37.0 Å². The SMILES string of the molecule is CCOC(=O)c1nc(C#C[Si](C)(C)C)sc1Cl. The highest BCUT2D eigenvalue weighted by Crippen LogP contribution is 2.24. The summed E-state index contributed by atoms with van der Waals surface area (Å²) in [6.45, 7) is 8.47. The van der Waals surface area contributed by atoms with E-state index in [0.717, 1.165) is 0 Å². The molecule has 0 atom stereocenters. The van der Waals surface area contributed by atoms with Crippen LogP contribution >= 0.6 is 22.9 Å². The number of hydrogen-bond acceptors (Lipinski definition) is 4. The van der Waals surface area contributed by atoms with Crippen LogP contribution < -0.4 is 0 Å². The van der Waals surface area contributed by atoms with E-state index in [4.69, 9.17) is 16.3 Å². The van der Waals surface area contributed by atoms with Gasteiger partial charge in [0.25, 0.3) is 0 Å². The number of carbonyl (C=O) groups excluding carboxylic acids is 1. The van der Waals surface area contributed by atoms with Crippen molar-refractivity contribution in [1.82, 2.24) is 4.98 Å². The van der Waals surface area contributed by atoms with Crippen molar-refractivity contribution in [3.63, 3.8) is 0 Å². The lowest BCUT2D eigenvalue weighted by Crippen LogP contribution is -2.16. The zero-order valence-corrected chi connectivity index (χ0v) is 12.8. The first kappa shape index (κ1) is 14.2. The molecule has 0 aliphatic carbocycles. The molecule has 1 rings (SSSR count). The Kier molecular flexibility index (Phi) is 4.75. The largest absolute Gasteiger partial charge is 0.461 e. The van der Waals surface area contributed by atoms with E-state index in [2.05, 4.69) is 36.1 Å². The molecule has 0 amide bonds. The molecule has 0 fully saturated rings. The maximum atomic E-state index is 11.5. The minimum absolute atomic E-state index is 0.165. The van der Waals surface area contributed by atoms with Crippen molar-refractivity contribution in [3.05, 3.63) is 15.0 Å². The first-order valence-electron chi connectivity index (χ1n) is 5.20. The molecule has 0 N–H and O–H groups in total. The highest BCUT2D eigenvalue weighted by atomic mass is 35.5. The van der Waals surface area contributed by atoms with Crippen LogP contribution in [0.15, 0.2) is 0 Å². The van der Waals surface area contributed by atoms with Gasteiger partial charge in [0.1, 0.15) is 12.4 Å². The maximum absolute atomic E-state index is 11.5. The summed E-state index contributed by atoms with van der Waals surface area (Å²) in [5.74, 6) is 2.48. The third kappa shape index (κ3) is 4.50. The van der Waals surface area contributed by atoms with E-state index in [-0.39, 0.29) is 5.69 Å². The van der Waals surface area contributed by atoms with Crippen LogP contribution in [0.4, 0.5) is 0 Å². The zero-order valence-electron chi connectivity index (χ0n) is 10.3. The molecule has 0 aliphatic heterocycles. The molecular formula is C11H14ClNO2SSi. The number of carbonyl (C=O) groups is 1. The van der Waals surface area contributed by atoms with Crippen molar-refractivity contribution in [2.45, 2.75) is 26.6 Å². The molecule has 0 saturated carbocycles. The molecule has 0 saturated heterocycles. The third-order valence-corrected chi connectivity index (χ3v) is 3.64. The smallest absolute Gasteiger partial charge is 0.359 e. The molecule has 1 heterocycles. The standard InChI is InChI=1S/C11H14ClNO2SSi/c1-5-15-11(14)9-10(12)16-8(13-9)6-7-17(2,3)4/h5H2,1-4H3. The summed E-state index contributed by atoms with van der Waals surface area (Å²) < 4.78 is 5.19. The van der Waals surface area contributed by atoms with Gasteiger partial charge in [-0.25, -0.2) is 9.78 Å². The Morgan fingerprint density at radius 2 is 2.18 bits per heavy atom. The van der Waals surface area contributed by atoms with Gasteiger partial charge >= 0.3 is 5.97 Å². The Morgan fingerprint density at radius 3 is 2.71 bits per heavy atom. The van der Waals surface area contributed by atoms with Gasteiger partial charge in [0, 0.05) is 0 Å². The van der Waals surface area contributed by atoms with Crippen LogP contribution in [0.2, 0.25) is 24.0 Å². The lowest BCUT2D eigenvalue weighted by atomic mass is 10.5. The van der Waals surface area contributed by atoms with Gasteiger partial charge in [-0.15, -0.1) is 5.54 Å². The second-order valence-corrected chi connectivity index (χ2v) is 10.7. The fraction of sp³-hybridized carbons (Fsp3) is 0.455. The molecule has 0 radical (unpaired) electrons. The first-order chi connectivity index (χ1) is 7.83.